The predicted molar refractivity (Wildman–Crippen MR) is 59.3 cm³/mol. The van der Waals surface area contributed by atoms with E-state index in [1.165, 1.54) is 11.3 Å². The molecule has 1 aromatic rings. The molecule has 0 aliphatic heterocycles. The Morgan fingerprint density at radius 2 is 2.40 bits per heavy atom. The first-order valence-electron chi connectivity index (χ1n) is 4.48. The van der Waals surface area contributed by atoms with Gasteiger partial charge in [0.25, 0.3) is 0 Å². The van der Waals surface area contributed by atoms with Crippen LogP contribution < -0.4 is 4.90 Å². The van der Waals surface area contributed by atoms with Crippen LogP contribution in [-0.2, 0) is 0 Å². The van der Waals surface area contributed by atoms with E-state index in [0.29, 0.717) is 11.4 Å². The summed E-state index contributed by atoms with van der Waals surface area (Å²) in [7, 11) is 1.85. The maximum absolute atomic E-state index is 10.7. The molecule has 0 saturated carbocycles. The second-order valence-corrected chi connectivity index (χ2v) is 4.42. The normalized spacial score (nSPS) is 11.8. The highest BCUT2D eigenvalue weighted by Gasteiger charge is 2.11. The minimum atomic E-state index is -0.909. The fourth-order valence-electron chi connectivity index (χ4n) is 1.19. The Morgan fingerprint density at radius 3 is 2.87 bits per heavy atom. The first-order chi connectivity index (χ1) is 7.04. The lowest BCUT2D eigenvalue weighted by molar-refractivity contribution is 0.0702. The van der Waals surface area contributed by atoms with E-state index in [0.717, 1.165) is 5.00 Å². The van der Waals surface area contributed by atoms with Gasteiger partial charge in [-0.25, -0.2) is 4.79 Å². The summed E-state index contributed by atoms with van der Waals surface area (Å²) < 4.78 is 0. The molecule has 1 unspecified atom stereocenters. The van der Waals surface area contributed by atoms with Crippen LogP contribution in [0.25, 0.3) is 0 Å². The molecule has 1 rings (SSSR count). The number of thiophene rings is 1. The van der Waals surface area contributed by atoms with E-state index in [1.807, 2.05) is 18.9 Å². The van der Waals surface area contributed by atoms with Gasteiger partial charge in [0.1, 0.15) is 4.88 Å². The van der Waals surface area contributed by atoms with Gasteiger partial charge in [-0.15, -0.1) is 11.3 Å². The van der Waals surface area contributed by atoms with E-state index in [4.69, 9.17) is 10.4 Å². The van der Waals surface area contributed by atoms with E-state index >= 15 is 0 Å². The Kier molecular flexibility index (Phi) is 3.69. The number of rotatable bonds is 4. The largest absolute Gasteiger partial charge is 0.477 e. The lowest BCUT2D eigenvalue weighted by Gasteiger charge is -2.17. The van der Waals surface area contributed by atoms with Gasteiger partial charge in [-0.05, 0) is 19.1 Å². The van der Waals surface area contributed by atoms with Crippen molar-refractivity contribution in [2.45, 2.75) is 6.92 Å². The van der Waals surface area contributed by atoms with Crippen molar-refractivity contribution >= 4 is 22.3 Å². The lowest BCUT2D eigenvalue weighted by atomic mass is 10.2. The standard InChI is InChI=1S/C10H12N2O2S/c1-7(5-11)6-12(2)9-4-3-8(15-9)10(13)14/h3-4,7H,6H2,1-2H3,(H,13,14). The highest BCUT2D eigenvalue weighted by Crippen LogP contribution is 2.25. The van der Waals surface area contributed by atoms with Crippen LogP contribution in [0, 0.1) is 17.2 Å². The van der Waals surface area contributed by atoms with Crippen LogP contribution in [0.15, 0.2) is 12.1 Å². The number of aromatic carboxylic acids is 1. The van der Waals surface area contributed by atoms with E-state index in [2.05, 4.69) is 6.07 Å². The van der Waals surface area contributed by atoms with Crippen LogP contribution in [0.4, 0.5) is 5.00 Å². The third-order valence-electron chi connectivity index (χ3n) is 1.95. The molecular weight excluding hydrogens is 212 g/mol. The molecule has 1 atom stereocenters. The van der Waals surface area contributed by atoms with Crippen LogP contribution in [0.2, 0.25) is 0 Å². The fraction of sp³-hybridized carbons (Fsp3) is 0.400. The number of carboxylic acids is 1. The number of carboxylic acid groups (broad SMARTS) is 1. The molecule has 0 aliphatic rings. The number of nitriles is 1. The molecule has 15 heavy (non-hydrogen) atoms. The Bertz CT molecular complexity index is 394. The summed E-state index contributed by atoms with van der Waals surface area (Å²) in [6.45, 7) is 2.44. The minimum Gasteiger partial charge on any atom is -0.477 e. The van der Waals surface area contributed by atoms with Gasteiger partial charge in [-0.2, -0.15) is 5.26 Å². The Labute approximate surface area is 92.4 Å². The van der Waals surface area contributed by atoms with Gasteiger partial charge in [0, 0.05) is 13.6 Å². The molecule has 0 amide bonds. The van der Waals surface area contributed by atoms with Crippen LogP contribution in [0.1, 0.15) is 16.6 Å². The summed E-state index contributed by atoms with van der Waals surface area (Å²) in [5.41, 5.74) is 0. The summed E-state index contributed by atoms with van der Waals surface area (Å²) in [6.07, 6.45) is 0. The molecular formula is C10H12N2O2S. The van der Waals surface area contributed by atoms with Crippen molar-refractivity contribution in [3.05, 3.63) is 17.0 Å². The topological polar surface area (TPSA) is 64.3 Å². The molecule has 0 aromatic carbocycles. The molecule has 1 N–H and O–H groups in total. The Balaban J connectivity index is 2.71. The highest BCUT2D eigenvalue weighted by atomic mass is 32.1. The lowest BCUT2D eigenvalue weighted by Crippen LogP contribution is -2.22. The summed E-state index contributed by atoms with van der Waals surface area (Å²) >= 11 is 1.22. The molecule has 0 radical (unpaired) electrons. The zero-order valence-electron chi connectivity index (χ0n) is 8.60. The van der Waals surface area contributed by atoms with Crippen molar-refractivity contribution in [1.82, 2.24) is 0 Å². The fourth-order valence-corrected chi connectivity index (χ4v) is 2.00. The Morgan fingerprint density at radius 1 is 1.73 bits per heavy atom. The maximum atomic E-state index is 10.7. The van der Waals surface area contributed by atoms with Gasteiger partial charge in [0.15, 0.2) is 0 Å². The summed E-state index contributed by atoms with van der Waals surface area (Å²) in [4.78, 5) is 12.9. The quantitative estimate of drug-likeness (QED) is 0.850. The average Bonchev–Trinajstić information content (AvgIpc) is 2.66. The van der Waals surface area contributed by atoms with Gasteiger partial charge in [0.2, 0.25) is 0 Å². The smallest absolute Gasteiger partial charge is 0.345 e. The van der Waals surface area contributed by atoms with Gasteiger partial charge in [0.05, 0.1) is 17.0 Å². The van der Waals surface area contributed by atoms with Crippen molar-refractivity contribution in [3.8, 4) is 6.07 Å². The second kappa shape index (κ2) is 4.80. The van der Waals surface area contributed by atoms with Gasteiger partial charge < -0.3 is 10.0 Å². The number of anilines is 1. The summed E-state index contributed by atoms with van der Waals surface area (Å²) in [6, 6.07) is 5.48. The molecule has 4 nitrogen and oxygen atoms in total. The number of hydrogen-bond donors (Lipinski definition) is 1. The van der Waals surface area contributed by atoms with Gasteiger partial charge in [-0.3, -0.25) is 0 Å². The van der Waals surface area contributed by atoms with Crippen molar-refractivity contribution in [2.75, 3.05) is 18.5 Å². The first-order valence-corrected chi connectivity index (χ1v) is 5.30. The zero-order valence-corrected chi connectivity index (χ0v) is 9.41. The molecule has 5 heteroatoms. The van der Waals surface area contributed by atoms with Crippen LogP contribution in [0.5, 0.6) is 0 Å². The number of nitrogens with zero attached hydrogens (tertiary/aromatic N) is 2. The molecule has 0 bridgehead atoms. The monoisotopic (exact) mass is 224 g/mol. The van der Waals surface area contributed by atoms with E-state index in [-0.39, 0.29) is 5.92 Å². The molecule has 0 aliphatic carbocycles. The summed E-state index contributed by atoms with van der Waals surface area (Å²) in [5, 5.41) is 18.3. The number of carbonyl (C=O) groups is 1. The molecule has 0 fully saturated rings. The molecule has 0 spiro atoms. The SMILES string of the molecule is CC(C#N)CN(C)c1ccc(C(=O)O)s1. The minimum absolute atomic E-state index is 0.0645. The predicted octanol–water partition coefficient (Wildman–Crippen LogP) is 2.04. The summed E-state index contributed by atoms with van der Waals surface area (Å²) in [5.74, 6) is -0.974. The molecule has 0 saturated heterocycles. The molecule has 80 valence electrons. The van der Waals surface area contributed by atoms with E-state index in [9.17, 15) is 4.79 Å². The van der Waals surface area contributed by atoms with Crippen molar-refractivity contribution in [1.29, 1.82) is 5.26 Å². The molecule has 1 heterocycles. The van der Waals surface area contributed by atoms with Crippen LogP contribution >= 0.6 is 11.3 Å². The third-order valence-corrected chi connectivity index (χ3v) is 3.13. The van der Waals surface area contributed by atoms with Crippen molar-refractivity contribution in [3.63, 3.8) is 0 Å². The second-order valence-electron chi connectivity index (χ2n) is 3.35. The van der Waals surface area contributed by atoms with Crippen molar-refractivity contribution in [2.24, 2.45) is 5.92 Å². The molecule has 1 aromatic heterocycles. The van der Waals surface area contributed by atoms with Gasteiger partial charge >= 0.3 is 5.97 Å². The highest BCUT2D eigenvalue weighted by molar-refractivity contribution is 7.17. The van der Waals surface area contributed by atoms with Crippen molar-refractivity contribution < 1.29 is 9.90 Å². The number of hydrogen-bond acceptors (Lipinski definition) is 4. The zero-order chi connectivity index (χ0) is 11.4. The maximum Gasteiger partial charge on any atom is 0.345 e. The Hall–Kier alpha value is -1.54. The third kappa shape index (κ3) is 2.96. The van der Waals surface area contributed by atoms with Gasteiger partial charge in [-0.1, -0.05) is 0 Å². The van der Waals surface area contributed by atoms with Crippen LogP contribution in [-0.4, -0.2) is 24.7 Å². The van der Waals surface area contributed by atoms with E-state index < -0.39 is 5.97 Å². The van der Waals surface area contributed by atoms with E-state index in [1.54, 1.807) is 12.1 Å². The first kappa shape index (κ1) is 11.5. The average molecular weight is 224 g/mol. The van der Waals surface area contributed by atoms with Crippen LogP contribution in [0.3, 0.4) is 0 Å².